The maximum atomic E-state index is 13.6. The molecule has 7 nitrogen and oxygen atoms in total. The van der Waals surface area contributed by atoms with Crippen molar-refractivity contribution in [2.24, 2.45) is 4.99 Å². The van der Waals surface area contributed by atoms with E-state index in [1.165, 1.54) is 23.0 Å². The van der Waals surface area contributed by atoms with E-state index < -0.39 is 12.0 Å². The zero-order valence-electron chi connectivity index (χ0n) is 18.2. The largest absolute Gasteiger partial charge is 0.504 e. The van der Waals surface area contributed by atoms with Crippen LogP contribution in [0.15, 0.2) is 68.0 Å². The van der Waals surface area contributed by atoms with Crippen molar-refractivity contribution < 1.29 is 19.4 Å². The minimum absolute atomic E-state index is 0.0745. The normalized spacial score (nSPS) is 15.8. The van der Waals surface area contributed by atoms with E-state index in [1.807, 2.05) is 30.3 Å². The highest BCUT2D eigenvalue weighted by molar-refractivity contribution is 9.10. The van der Waals surface area contributed by atoms with Gasteiger partial charge in [0.25, 0.3) is 5.56 Å². The Kier molecular flexibility index (Phi) is 6.53. The first-order chi connectivity index (χ1) is 15.8. The number of halogens is 1. The minimum atomic E-state index is -0.672. The second-order valence-corrected chi connectivity index (χ2v) is 9.18. The van der Waals surface area contributed by atoms with Crippen molar-refractivity contribution in [3.8, 4) is 11.5 Å². The molecule has 1 N–H and O–H groups in total. The van der Waals surface area contributed by atoms with Gasteiger partial charge in [-0.3, -0.25) is 9.36 Å². The van der Waals surface area contributed by atoms with E-state index in [9.17, 15) is 14.7 Å². The molecule has 1 aromatic heterocycles. The molecule has 0 aliphatic carbocycles. The van der Waals surface area contributed by atoms with E-state index in [0.717, 1.165) is 5.56 Å². The third-order valence-corrected chi connectivity index (χ3v) is 6.65. The lowest BCUT2D eigenvalue weighted by Gasteiger charge is -2.24. The number of aromatic hydroxyl groups is 1. The van der Waals surface area contributed by atoms with Crippen LogP contribution in [0.25, 0.3) is 6.08 Å². The average molecular weight is 529 g/mol. The Balaban J connectivity index is 1.97. The second kappa shape index (κ2) is 9.36. The molecule has 9 heteroatoms. The van der Waals surface area contributed by atoms with E-state index in [4.69, 9.17) is 9.47 Å². The summed E-state index contributed by atoms with van der Waals surface area (Å²) in [4.78, 5) is 31.4. The van der Waals surface area contributed by atoms with Gasteiger partial charge in [0.2, 0.25) is 0 Å². The van der Waals surface area contributed by atoms with Crippen LogP contribution in [0.3, 0.4) is 0 Å². The Morgan fingerprint density at radius 3 is 2.70 bits per heavy atom. The maximum absolute atomic E-state index is 13.6. The van der Waals surface area contributed by atoms with Gasteiger partial charge < -0.3 is 14.6 Å². The molecule has 0 bridgehead atoms. The van der Waals surface area contributed by atoms with Gasteiger partial charge in [0.05, 0.1) is 35.6 Å². The summed E-state index contributed by atoms with van der Waals surface area (Å²) in [7, 11) is 1.46. The van der Waals surface area contributed by atoms with Crippen LogP contribution >= 0.6 is 27.3 Å². The number of phenols is 1. The predicted octanol–water partition coefficient (Wildman–Crippen LogP) is 3.28. The third-order valence-electron chi connectivity index (χ3n) is 5.21. The zero-order chi connectivity index (χ0) is 23.7. The molecule has 1 atom stereocenters. The summed E-state index contributed by atoms with van der Waals surface area (Å²) in [6.45, 7) is 3.69. The Morgan fingerprint density at radius 1 is 1.30 bits per heavy atom. The van der Waals surface area contributed by atoms with Gasteiger partial charge >= 0.3 is 5.97 Å². The molecule has 4 rings (SSSR count). The number of hydrogen-bond acceptors (Lipinski definition) is 7. The molecule has 0 fully saturated rings. The highest BCUT2D eigenvalue weighted by atomic mass is 79.9. The number of thiazole rings is 1. The van der Waals surface area contributed by atoms with Gasteiger partial charge in [-0.1, -0.05) is 57.6 Å². The molecule has 0 saturated carbocycles. The number of benzene rings is 2. The molecule has 1 aliphatic rings. The van der Waals surface area contributed by atoms with Gasteiger partial charge in [-0.15, -0.1) is 0 Å². The SMILES string of the molecule is CCOC(=O)C1=C(C)N=c2s/c(=C\c3cc(Br)cc(OC)c3O)c(=O)n2[C@@H]1c1ccccc1. The maximum Gasteiger partial charge on any atom is 0.338 e. The van der Waals surface area contributed by atoms with E-state index >= 15 is 0 Å². The second-order valence-electron chi connectivity index (χ2n) is 7.26. The standard InChI is InChI=1S/C24H21BrN2O5S/c1-4-32-23(30)19-13(2)26-24-27(20(19)14-8-6-5-7-9-14)22(29)18(33-24)11-15-10-16(25)12-17(31-3)21(15)28/h5-12,20,28H,4H2,1-3H3/b18-11-/t20-/m1/s1. The van der Waals surface area contributed by atoms with Crippen molar-refractivity contribution in [3.63, 3.8) is 0 Å². The highest BCUT2D eigenvalue weighted by Crippen LogP contribution is 2.34. The molecule has 170 valence electrons. The van der Waals surface area contributed by atoms with Crippen LogP contribution in [0, 0.1) is 0 Å². The number of hydrogen-bond donors (Lipinski definition) is 1. The predicted molar refractivity (Wildman–Crippen MR) is 129 cm³/mol. The number of aromatic nitrogens is 1. The fourth-order valence-electron chi connectivity index (χ4n) is 3.74. The summed E-state index contributed by atoms with van der Waals surface area (Å²) in [6, 6.07) is 12.0. The summed E-state index contributed by atoms with van der Waals surface area (Å²) in [6.07, 6.45) is 1.60. The Hall–Kier alpha value is -3.17. The minimum Gasteiger partial charge on any atom is -0.504 e. The van der Waals surface area contributed by atoms with Gasteiger partial charge in [-0.25, -0.2) is 9.79 Å². The van der Waals surface area contributed by atoms with Crippen molar-refractivity contribution >= 4 is 39.3 Å². The number of nitrogens with zero attached hydrogens (tertiary/aromatic N) is 2. The fourth-order valence-corrected chi connectivity index (χ4v) is 5.24. The average Bonchev–Trinajstić information content (AvgIpc) is 3.10. The number of esters is 1. The van der Waals surface area contributed by atoms with Gasteiger partial charge in [-0.05, 0) is 37.6 Å². The van der Waals surface area contributed by atoms with E-state index in [0.29, 0.717) is 30.6 Å². The van der Waals surface area contributed by atoms with E-state index in [2.05, 4.69) is 20.9 Å². The first kappa shape index (κ1) is 23.0. The van der Waals surface area contributed by atoms with Gasteiger partial charge in [0, 0.05) is 10.0 Å². The molecule has 0 saturated heterocycles. The molecule has 3 aromatic rings. The lowest BCUT2D eigenvalue weighted by molar-refractivity contribution is -0.139. The number of ether oxygens (including phenoxy) is 2. The van der Waals surface area contributed by atoms with Crippen LogP contribution in [-0.2, 0) is 9.53 Å². The Labute approximate surface area is 202 Å². The van der Waals surface area contributed by atoms with Crippen molar-refractivity contribution in [3.05, 3.63) is 89.0 Å². The number of fused-ring (bicyclic) bond motifs is 1. The van der Waals surface area contributed by atoms with Gasteiger partial charge in [0.1, 0.15) is 0 Å². The van der Waals surface area contributed by atoms with Crippen LogP contribution in [0.2, 0.25) is 0 Å². The molecule has 2 heterocycles. The monoisotopic (exact) mass is 528 g/mol. The lowest BCUT2D eigenvalue weighted by atomic mass is 9.96. The molecule has 2 aromatic carbocycles. The number of allylic oxidation sites excluding steroid dienone is 1. The number of phenolic OH excluding ortho intramolecular Hbond substituents is 1. The molecule has 0 amide bonds. The van der Waals surface area contributed by atoms with Crippen molar-refractivity contribution in [2.75, 3.05) is 13.7 Å². The van der Waals surface area contributed by atoms with Gasteiger partial charge in [-0.2, -0.15) is 0 Å². The van der Waals surface area contributed by atoms with Crippen LogP contribution in [0.5, 0.6) is 11.5 Å². The first-order valence-corrected chi connectivity index (χ1v) is 11.8. The quantitative estimate of drug-likeness (QED) is 0.513. The first-order valence-electron chi connectivity index (χ1n) is 10.2. The Bertz CT molecular complexity index is 1440. The summed E-state index contributed by atoms with van der Waals surface area (Å²) in [5.74, 6) is -0.295. The van der Waals surface area contributed by atoms with Crippen molar-refractivity contribution in [1.82, 2.24) is 4.57 Å². The van der Waals surface area contributed by atoms with Crippen molar-refractivity contribution in [1.29, 1.82) is 0 Å². The fraction of sp³-hybridized carbons (Fsp3) is 0.208. The van der Waals surface area contributed by atoms with Crippen LogP contribution in [-0.4, -0.2) is 29.4 Å². The lowest BCUT2D eigenvalue weighted by Crippen LogP contribution is -2.39. The van der Waals surface area contributed by atoms with Crippen molar-refractivity contribution in [2.45, 2.75) is 19.9 Å². The van der Waals surface area contributed by atoms with Crippen LogP contribution in [0.4, 0.5) is 0 Å². The molecule has 0 radical (unpaired) electrons. The summed E-state index contributed by atoms with van der Waals surface area (Å²) < 4.78 is 13.1. The van der Waals surface area contributed by atoms with Crippen LogP contribution < -0.4 is 19.6 Å². The molecular formula is C24H21BrN2O5S. The van der Waals surface area contributed by atoms with E-state index in [1.54, 1.807) is 32.1 Å². The number of methoxy groups -OCH3 is 1. The number of carbonyl (C=O) groups excluding carboxylic acids is 1. The number of rotatable bonds is 5. The molecule has 33 heavy (non-hydrogen) atoms. The van der Waals surface area contributed by atoms with Gasteiger partial charge in [0.15, 0.2) is 16.3 Å². The topological polar surface area (TPSA) is 90.1 Å². The van der Waals surface area contributed by atoms with Crippen LogP contribution in [0.1, 0.15) is 31.0 Å². The summed E-state index contributed by atoms with van der Waals surface area (Å²) in [5.41, 5.74) is 1.70. The third kappa shape index (κ3) is 4.26. The number of carbonyl (C=O) groups is 1. The zero-order valence-corrected chi connectivity index (χ0v) is 20.6. The molecule has 1 aliphatic heterocycles. The summed E-state index contributed by atoms with van der Waals surface area (Å²) >= 11 is 4.58. The molecule has 0 unspecified atom stereocenters. The smallest absolute Gasteiger partial charge is 0.338 e. The summed E-state index contributed by atoms with van der Waals surface area (Å²) in [5, 5.41) is 10.5. The highest BCUT2D eigenvalue weighted by Gasteiger charge is 2.33. The Morgan fingerprint density at radius 2 is 2.03 bits per heavy atom. The van der Waals surface area contributed by atoms with E-state index in [-0.39, 0.29) is 23.7 Å². The molecule has 0 spiro atoms. The molecular weight excluding hydrogens is 508 g/mol.